The first-order valence-electron chi connectivity index (χ1n) is 10.6. The molecule has 0 aromatic rings. The van der Waals surface area contributed by atoms with E-state index in [0.29, 0.717) is 0 Å². The van der Waals surface area contributed by atoms with Gasteiger partial charge < -0.3 is 20.3 Å². The van der Waals surface area contributed by atoms with Crippen molar-refractivity contribution in [2.24, 2.45) is 10.9 Å². The molecule has 0 saturated carbocycles. The van der Waals surface area contributed by atoms with E-state index in [4.69, 9.17) is 9.73 Å². The fourth-order valence-corrected chi connectivity index (χ4v) is 4.98. The molecule has 2 N–H and O–H groups in total. The largest absolute Gasteiger partial charge is 0.381 e. The molecule has 0 aromatic carbocycles. The third-order valence-corrected chi connectivity index (χ3v) is 6.98. The molecule has 27 heavy (non-hydrogen) atoms. The second kappa shape index (κ2) is 14.3. The quantitative estimate of drug-likeness (QED) is 0.214. The maximum absolute atomic E-state index is 5.57. The first-order chi connectivity index (χ1) is 12.7. The summed E-state index contributed by atoms with van der Waals surface area (Å²) in [7, 11) is 0. The summed E-state index contributed by atoms with van der Waals surface area (Å²) in [6.07, 6.45) is 6.13. The maximum Gasteiger partial charge on any atom is 0.191 e. The molecule has 0 amide bonds. The van der Waals surface area contributed by atoms with E-state index in [0.717, 1.165) is 63.3 Å². The van der Waals surface area contributed by atoms with Gasteiger partial charge in [-0.1, -0.05) is 13.8 Å². The minimum atomic E-state index is 0. The van der Waals surface area contributed by atoms with E-state index in [1.165, 1.54) is 38.9 Å². The van der Waals surface area contributed by atoms with E-state index in [9.17, 15) is 0 Å². The van der Waals surface area contributed by atoms with Gasteiger partial charge in [0.1, 0.15) is 0 Å². The van der Waals surface area contributed by atoms with Gasteiger partial charge in [-0.25, -0.2) is 0 Å². The van der Waals surface area contributed by atoms with Crippen molar-refractivity contribution >= 4 is 41.7 Å². The Labute approximate surface area is 188 Å². The zero-order valence-electron chi connectivity index (χ0n) is 17.6. The van der Waals surface area contributed by atoms with Gasteiger partial charge in [-0.15, -0.1) is 24.0 Å². The van der Waals surface area contributed by atoms with Crippen LogP contribution >= 0.6 is 35.7 Å². The predicted octanol–water partition coefficient (Wildman–Crippen LogP) is 3.58. The number of nitrogens with one attached hydrogen (secondary N) is 2. The normalized spacial score (nSPS) is 21.5. The Kier molecular flexibility index (Phi) is 13.4. The number of nitrogens with zero attached hydrogens (tertiary/aromatic N) is 2. The molecule has 0 unspecified atom stereocenters. The van der Waals surface area contributed by atoms with Crippen molar-refractivity contribution in [2.75, 3.05) is 58.2 Å². The first kappa shape index (κ1) is 25.3. The topological polar surface area (TPSA) is 48.9 Å². The summed E-state index contributed by atoms with van der Waals surface area (Å²) >= 11 is 2.06. The van der Waals surface area contributed by atoms with Crippen molar-refractivity contribution in [3.05, 3.63) is 0 Å². The van der Waals surface area contributed by atoms with Crippen LogP contribution in [0.1, 0.15) is 52.9 Å². The number of ether oxygens (including phenoxy) is 1. The van der Waals surface area contributed by atoms with Crippen LogP contribution < -0.4 is 10.6 Å². The van der Waals surface area contributed by atoms with Gasteiger partial charge in [0.25, 0.3) is 0 Å². The van der Waals surface area contributed by atoms with Gasteiger partial charge in [0.15, 0.2) is 5.96 Å². The third-order valence-electron chi connectivity index (χ3n) is 5.54. The molecule has 0 radical (unpaired) electrons. The Hall–Kier alpha value is 0.270. The van der Waals surface area contributed by atoms with Crippen molar-refractivity contribution in [1.82, 2.24) is 15.5 Å². The Morgan fingerprint density at radius 1 is 1.19 bits per heavy atom. The highest BCUT2D eigenvalue weighted by atomic mass is 127. The van der Waals surface area contributed by atoms with Crippen LogP contribution in [0.25, 0.3) is 0 Å². The summed E-state index contributed by atoms with van der Waals surface area (Å²) < 4.78 is 5.84. The van der Waals surface area contributed by atoms with Gasteiger partial charge in [-0.3, -0.25) is 4.99 Å². The number of thioether (sulfide) groups is 1. The Morgan fingerprint density at radius 2 is 1.89 bits per heavy atom. The first-order valence-corrected chi connectivity index (χ1v) is 11.6. The zero-order valence-corrected chi connectivity index (χ0v) is 20.7. The molecular weight excluding hydrogens is 471 g/mol. The van der Waals surface area contributed by atoms with Crippen LogP contribution in [0, 0.1) is 5.92 Å². The van der Waals surface area contributed by atoms with Crippen molar-refractivity contribution in [3.63, 3.8) is 0 Å². The van der Waals surface area contributed by atoms with E-state index < -0.39 is 0 Å². The molecule has 160 valence electrons. The van der Waals surface area contributed by atoms with E-state index in [-0.39, 0.29) is 28.7 Å². The molecule has 2 rings (SSSR count). The van der Waals surface area contributed by atoms with Crippen molar-refractivity contribution in [2.45, 2.75) is 57.6 Å². The molecule has 2 saturated heterocycles. The standard InChI is InChI=1S/C20H40N4OS.HI/c1-4-21-19(22-11-6-12-24-13-7-18(3)8-14-24)23-17-20(26-5-2)9-15-25-16-10-20;/h18H,4-17H2,1-3H3,(H2,21,22,23);1H. The molecule has 0 bridgehead atoms. The van der Waals surface area contributed by atoms with Crippen LogP contribution in [0.5, 0.6) is 0 Å². The molecule has 7 heteroatoms. The molecule has 2 aliphatic rings. The molecule has 0 spiro atoms. The Bertz CT molecular complexity index is 405. The lowest BCUT2D eigenvalue weighted by Crippen LogP contribution is -2.42. The average molecular weight is 513 g/mol. The predicted molar refractivity (Wildman–Crippen MR) is 130 cm³/mol. The van der Waals surface area contributed by atoms with Crippen molar-refractivity contribution in [3.8, 4) is 0 Å². The van der Waals surface area contributed by atoms with E-state index >= 15 is 0 Å². The van der Waals surface area contributed by atoms with Gasteiger partial charge in [0.05, 0.1) is 6.54 Å². The van der Waals surface area contributed by atoms with Crippen LogP contribution in [-0.4, -0.2) is 73.8 Å². The van der Waals surface area contributed by atoms with E-state index in [2.05, 4.69) is 48.1 Å². The highest BCUT2D eigenvalue weighted by Crippen LogP contribution is 2.35. The molecule has 0 atom stereocenters. The Balaban J connectivity index is 0.00000364. The molecule has 0 aliphatic carbocycles. The van der Waals surface area contributed by atoms with Crippen LogP contribution in [0.3, 0.4) is 0 Å². The molecule has 2 aliphatic heterocycles. The summed E-state index contributed by atoms with van der Waals surface area (Å²) in [5, 5.41) is 6.95. The Morgan fingerprint density at radius 3 is 2.52 bits per heavy atom. The highest BCUT2D eigenvalue weighted by Gasteiger charge is 2.32. The minimum Gasteiger partial charge on any atom is -0.381 e. The maximum atomic E-state index is 5.57. The number of likely N-dealkylation sites (tertiary alicyclic amines) is 1. The molecule has 2 heterocycles. The smallest absolute Gasteiger partial charge is 0.191 e. The molecule has 2 fully saturated rings. The van der Waals surface area contributed by atoms with Crippen LogP contribution in [0.15, 0.2) is 4.99 Å². The van der Waals surface area contributed by atoms with Crippen molar-refractivity contribution < 1.29 is 4.74 Å². The van der Waals surface area contributed by atoms with Crippen molar-refractivity contribution in [1.29, 1.82) is 0 Å². The fraction of sp³-hybridized carbons (Fsp3) is 0.950. The number of rotatable bonds is 9. The lowest BCUT2D eigenvalue weighted by atomic mass is 9.99. The average Bonchev–Trinajstić information content (AvgIpc) is 2.65. The van der Waals surface area contributed by atoms with E-state index in [1.54, 1.807) is 0 Å². The van der Waals surface area contributed by atoms with Gasteiger partial charge in [0.2, 0.25) is 0 Å². The molecular formula is C20H41IN4OS. The van der Waals surface area contributed by atoms with Crippen LogP contribution in [0.4, 0.5) is 0 Å². The molecule has 5 nitrogen and oxygen atoms in total. The number of guanidine groups is 1. The van der Waals surface area contributed by atoms with Gasteiger partial charge in [-0.05, 0) is 70.3 Å². The highest BCUT2D eigenvalue weighted by molar-refractivity contribution is 14.0. The number of hydrogen-bond acceptors (Lipinski definition) is 4. The summed E-state index contributed by atoms with van der Waals surface area (Å²) in [5.41, 5.74) is 0. The summed E-state index contributed by atoms with van der Waals surface area (Å²) in [6, 6.07) is 0. The number of halogens is 1. The SMILES string of the molecule is CCNC(=NCC1(SCC)CCOCC1)NCCCN1CCC(C)CC1.I. The third kappa shape index (κ3) is 9.54. The lowest BCUT2D eigenvalue weighted by molar-refractivity contribution is 0.0793. The molecule has 0 aromatic heterocycles. The number of hydrogen-bond donors (Lipinski definition) is 2. The lowest BCUT2D eigenvalue weighted by Gasteiger charge is -2.35. The van der Waals surface area contributed by atoms with Crippen LogP contribution in [-0.2, 0) is 4.74 Å². The van der Waals surface area contributed by atoms with Gasteiger partial charge >= 0.3 is 0 Å². The summed E-state index contributed by atoms with van der Waals surface area (Å²) in [5.74, 6) is 3.03. The van der Waals surface area contributed by atoms with Gasteiger partial charge in [-0.2, -0.15) is 11.8 Å². The van der Waals surface area contributed by atoms with E-state index in [1.807, 2.05) is 0 Å². The summed E-state index contributed by atoms with van der Waals surface area (Å²) in [4.78, 5) is 7.54. The summed E-state index contributed by atoms with van der Waals surface area (Å²) in [6.45, 7) is 15.0. The number of aliphatic imine (C=N–C) groups is 1. The second-order valence-corrected chi connectivity index (χ2v) is 9.46. The minimum absolute atomic E-state index is 0. The monoisotopic (exact) mass is 512 g/mol. The fourth-order valence-electron chi connectivity index (χ4n) is 3.76. The second-order valence-electron chi connectivity index (χ2n) is 7.73. The zero-order chi connectivity index (χ0) is 18.7. The van der Waals surface area contributed by atoms with Gasteiger partial charge in [0, 0.05) is 31.1 Å². The van der Waals surface area contributed by atoms with Crippen LogP contribution in [0.2, 0.25) is 0 Å². The number of piperidine rings is 1.